The maximum absolute atomic E-state index is 12.4. The first-order valence-electron chi connectivity index (χ1n) is 5.74. The zero-order chi connectivity index (χ0) is 14.5. The van der Waals surface area contributed by atoms with Gasteiger partial charge in [0.25, 0.3) is 0 Å². The maximum Gasteiger partial charge on any atom is 0.391 e. The monoisotopic (exact) mass is 276 g/mol. The molecule has 0 aliphatic rings. The highest BCUT2D eigenvalue weighted by molar-refractivity contribution is 5.89. The third-order valence-electron chi connectivity index (χ3n) is 2.47. The summed E-state index contributed by atoms with van der Waals surface area (Å²) >= 11 is 0. The highest BCUT2D eigenvalue weighted by atomic mass is 19.4. The lowest BCUT2D eigenvalue weighted by molar-refractivity contribution is -0.158. The number of esters is 1. The molecule has 0 saturated heterocycles. The van der Waals surface area contributed by atoms with Crippen molar-refractivity contribution >= 4 is 5.97 Å². The molecular formula is C13H15F3O3. The van der Waals surface area contributed by atoms with Gasteiger partial charge in [0.1, 0.15) is 0 Å². The van der Waals surface area contributed by atoms with E-state index < -0.39 is 24.7 Å². The zero-order valence-electron chi connectivity index (χ0n) is 10.7. The summed E-state index contributed by atoms with van der Waals surface area (Å²) in [5.41, 5.74) is 0.508. The van der Waals surface area contributed by atoms with E-state index in [-0.39, 0.29) is 12.2 Å². The van der Waals surface area contributed by atoms with Crippen molar-refractivity contribution in [1.29, 1.82) is 0 Å². The summed E-state index contributed by atoms with van der Waals surface area (Å²) in [6.07, 6.45) is -6.56. The summed E-state index contributed by atoms with van der Waals surface area (Å²) in [5, 5.41) is 0. The Morgan fingerprint density at radius 1 is 1.37 bits per heavy atom. The van der Waals surface area contributed by atoms with E-state index in [9.17, 15) is 18.0 Å². The number of carbonyl (C=O) groups excluding carboxylic acids is 1. The standard InChI is InChI=1S/C13H15F3O3/c1-3-19-12(17)10-6-4-5-9(7-10)11(18-2)8-13(14,15)16/h4-7,11H,3,8H2,1-2H3. The summed E-state index contributed by atoms with van der Waals surface area (Å²) in [6.45, 7) is 1.86. The Labute approximate surface area is 109 Å². The van der Waals surface area contributed by atoms with Gasteiger partial charge in [-0.3, -0.25) is 0 Å². The van der Waals surface area contributed by atoms with Crippen molar-refractivity contribution in [1.82, 2.24) is 0 Å². The van der Waals surface area contributed by atoms with Crippen molar-refractivity contribution in [2.24, 2.45) is 0 Å². The molecule has 106 valence electrons. The topological polar surface area (TPSA) is 35.5 Å². The molecule has 1 aromatic rings. The molecule has 0 saturated carbocycles. The van der Waals surface area contributed by atoms with Crippen LogP contribution < -0.4 is 0 Å². The molecule has 0 N–H and O–H groups in total. The molecule has 3 nitrogen and oxygen atoms in total. The first kappa shape index (κ1) is 15.5. The van der Waals surface area contributed by atoms with Gasteiger partial charge < -0.3 is 9.47 Å². The van der Waals surface area contributed by atoms with Crippen LogP contribution in [-0.4, -0.2) is 25.9 Å². The lowest BCUT2D eigenvalue weighted by Gasteiger charge is -2.18. The molecule has 0 spiro atoms. The zero-order valence-corrected chi connectivity index (χ0v) is 10.7. The Hall–Kier alpha value is -1.56. The number of halogens is 3. The van der Waals surface area contributed by atoms with Crippen LogP contribution in [0.2, 0.25) is 0 Å². The number of methoxy groups -OCH3 is 1. The Morgan fingerprint density at radius 2 is 2.05 bits per heavy atom. The SMILES string of the molecule is CCOC(=O)c1cccc(C(CC(F)(F)F)OC)c1. The van der Waals surface area contributed by atoms with Crippen molar-refractivity contribution in [2.75, 3.05) is 13.7 Å². The number of rotatable bonds is 5. The molecule has 0 fully saturated rings. The lowest BCUT2D eigenvalue weighted by Crippen LogP contribution is -2.16. The summed E-state index contributed by atoms with van der Waals surface area (Å²) in [7, 11) is 1.20. The van der Waals surface area contributed by atoms with Crippen molar-refractivity contribution in [3.05, 3.63) is 35.4 Å². The number of benzene rings is 1. The Bertz CT molecular complexity index is 429. The van der Waals surface area contributed by atoms with Gasteiger partial charge >= 0.3 is 12.1 Å². The van der Waals surface area contributed by atoms with Crippen LogP contribution in [0.15, 0.2) is 24.3 Å². The van der Waals surface area contributed by atoms with E-state index in [1.807, 2.05) is 0 Å². The molecule has 19 heavy (non-hydrogen) atoms. The molecule has 0 aliphatic heterocycles. The number of hydrogen-bond donors (Lipinski definition) is 0. The quantitative estimate of drug-likeness (QED) is 0.772. The van der Waals surface area contributed by atoms with Crippen molar-refractivity contribution in [2.45, 2.75) is 25.6 Å². The molecule has 0 amide bonds. The second kappa shape index (κ2) is 6.56. The van der Waals surface area contributed by atoms with Gasteiger partial charge in [-0.1, -0.05) is 12.1 Å². The summed E-state index contributed by atoms with van der Waals surface area (Å²) in [5.74, 6) is -0.564. The van der Waals surface area contributed by atoms with Crippen LogP contribution in [0.1, 0.15) is 35.4 Å². The Morgan fingerprint density at radius 3 is 2.58 bits per heavy atom. The molecule has 0 bridgehead atoms. The molecule has 0 aliphatic carbocycles. The molecule has 0 radical (unpaired) electrons. The molecule has 6 heteroatoms. The maximum atomic E-state index is 12.4. The van der Waals surface area contributed by atoms with E-state index in [4.69, 9.17) is 9.47 Å². The summed E-state index contributed by atoms with van der Waals surface area (Å²) < 4.78 is 46.8. The van der Waals surface area contributed by atoms with Crippen LogP contribution in [-0.2, 0) is 9.47 Å². The average molecular weight is 276 g/mol. The lowest BCUT2D eigenvalue weighted by atomic mass is 10.0. The highest BCUT2D eigenvalue weighted by Crippen LogP contribution is 2.31. The molecule has 1 aromatic carbocycles. The summed E-state index contributed by atoms with van der Waals surface area (Å²) in [6, 6.07) is 5.84. The molecule has 1 atom stereocenters. The van der Waals surface area contributed by atoms with Gasteiger partial charge in [0.2, 0.25) is 0 Å². The van der Waals surface area contributed by atoms with Crippen LogP contribution in [0.4, 0.5) is 13.2 Å². The second-order valence-corrected chi connectivity index (χ2v) is 3.89. The Balaban J connectivity index is 2.93. The normalized spacial score (nSPS) is 13.1. The number of ether oxygens (including phenoxy) is 2. The third-order valence-corrected chi connectivity index (χ3v) is 2.47. The molecule has 1 unspecified atom stereocenters. The van der Waals surface area contributed by atoms with E-state index in [0.29, 0.717) is 5.56 Å². The molecule has 1 rings (SSSR count). The van der Waals surface area contributed by atoms with Crippen LogP contribution in [0.5, 0.6) is 0 Å². The number of hydrogen-bond acceptors (Lipinski definition) is 3. The first-order chi connectivity index (χ1) is 8.87. The van der Waals surface area contributed by atoms with Crippen LogP contribution in [0, 0.1) is 0 Å². The molecule has 0 aromatic heterocycles. The minimum atomic E-state index is -4.33. The first-order valence-corrected chi connectivity index (χ1v) is 5.74. The smallest absolute Gasteiger partial charge is 0.391 e. The molecular weight excluding hydrogens is 261 g/mol. The fourth-order valence-electron chi connectivity index (χ4n) is 1.63. The fraction of sp³-hybridized carbons (Fsp3) is 0.462. The van der Waals surface area contributed by atoms with Gasteiger partial charge in [0.15, 0.2) is 0 Å². The van der Waals surface area contributed by atoms with Gasteiger partial charge in [-0.25, -0.2) is 4.79 Å². The number of carbonyl (C=O) groups is 1. The summed E-state index contributed by atoms with van der Waals surface area (Å²) in [4.78, 5) is 11.5. The fourth-order valence-corrected chi connectivity index (χ4v) is 1.63. The van der Waals surface area contributed by atoms with Crippen LogP contribution in [0.25, 0.3) is 0 Å². The van der Waals surface area contributed by atoms with E-state index in [1.54, 1.807) is 6.92 Å². The van der Waals surface area contributed by atoms with Crippen molar-refractivity contribution in [3.8, 4) is 0 Å². The van der Waals surface area contributed by atoms with E-state index in [0.717, 1.165) is 0 Å². The Kier molecular flexibility index (Phi) is 5.35. The molecule has 0 heterocycles. The van der Waals surface area contributed by atoms with Crippen LogP contribution >= 0.6 is 0 Å². The van der Waals surface area contributed by atoms with Crippen LogP contribution in [0.3, 0.4) is 0 Å². The minimum absolute atomic E-state index is 0.208. The van der Waals surface area contributed by atoms with E-state index in [2.05, 4.69) is 0 Å². The van der Waals surface area contributed by atoms with E-state index >= 15 is 0 Å². The van der Waals surface area contributed by atoms with Gasteiger partial charge in [0.05, 0.1) is 24.7 Å². The van der Waals surface area contributed by atoms with E-state index in [1.165, 1.54) is 31.4 Å². The van der Waals surface area contributed by atoms with Gasteiger partial charge in [-0.15, -0.1) is 0 Å². The van der Waals surface area contributed by atoms with Crippen molar-refractivity contribution < 1.29 is 27.4 Å². The minimum Gasteiger partial charge on any atom is -0.462 e. The van der Waals surface area contributed by atoms with Gasteiger partial charge in [-0.2, -0.15) is 13.2 Å². The number of alkyl halides is 3. The highest BCUT2D eigenvalue weighted by Gasteiger charge is 2.33. The van der Waals surface area contributed by atoms with Crippen molar-refractivity contribution in [3.63, 3.8) is 0 Å². The predicted octanol–water partition coefficient (Wildman–Crippen LogP) is 3.50. The van der Waals surface area contributed by atoms with Gasteiger partial charge in [0, 0.05) is 7.11 Å². The second-order valence-electron chi connectivity index (χ2n) is 3.89. The predicted molar refractivity (Wildman–Crippen MR) is 62.8 cm³/mol. The average Bonchev–Trinajstić information content (AvgIpc) is 2.35. The largest absolute Gasteiger partial charge is 0.462 e. The van der Waals surface area contributed by atoms with Gasteiger partial charge in [-0.05, 0) is 24.6 Å². The third kappa shape index (κ3) is 4.90.